The highest BCUT2D eigenvalue weighted by molar-refractivity contribution is 5.87. The van der Waals surface area contributed by atoms with Gasteiger partial charge in [0, 0.05) is 43.7 Å². The second-order valence-corrected chi connectivity index (χ2v) is 10.2. The van der Waals surface area contributed by atoms with E-state index in [2.05, 4.69) is 30.5 Å². The fraction of sp³-hybridized carbons (Fsp3) is 0.692. The third-order valence-corrected chi connectivity index (χ3v) is 7.66. The molecule has 192 valence electrons. The second-order valence-electron chi connectivity index (χ2n) is 10.2. The zero-order chi connectivity index (χ0) is 24.5. The number of carbonyl (C=O) groups excluding carboxylic acids is 2. The van der Waals surface area contributed by atoms with E-state index in [-0.39, 0.29) is 12.3 Å². The van der Waals surface area contributed by atoms with Gasteiger partial charge in [-0.25, -0.2) is 9.97 Å². The first kappa shape index (κ1) is 25.4. The first-order chi connectivity index (χ1) is 17.1. The summed E-state index contributed by atoms with van der Waals surface area (Å²) in [6.45, 7) is 1.89. The molecule has 2 amide bonds. The van der Waals surface area contributed by atoms with E-state index >= 15 is 0 Å². The lowest BCUT2D eigenvalue weighted by atomic mass is 9.94. The van der Waals surface area contributed by atoms with Gasteiger partial charge in [-0.15, -0.1) is 0 Å². The van der Waals surface area contributed by atoms with E-state index in [1.807, 2.05) is 12.3 Å². The minimum absolute atomic E-state index is 0.121. The maximum absolute atomic E-state index is 12.7. The predicted molar refractivity (Wildman–Crippen MR) is 138 cm³/mol. The minimum atomic E-state index is -0.443. The van der Waals surface area contributed by atoms with Crippen LogP contribution in [0, 0.1) is 5.92 Å². The van der Waals surface area contributed by atoms with Gasteiger partial charge in [0.2, 0.25) is 11.8 Å². The third kappa shape index (κ3) is 7.16. The molecule has 0 radical (unpaired) electrons. The zero-order valence-corrected chi connectivity index (χ0v) is 20.8. The van der Waals surface area contributed by atoms with E-state index in [1.54, 1.807) is 6.33 Å². The smallest absolute Gasteiger partial charge is 0.221 e. The number of fused-ring (bicyclic) bond motifs is 1. The number of primary amides is 1. The van der Waals surface area contributed by atoms with Crippen molar-refractivity contribution >= 4 is 28.7 Å². The lowest BCUT2D eigenvalue weighted by Crippen LogP contribution is -2.43. The highest BCUT2D eigenvalue weighted by Crippen LogP contribution is 2.29. The molecular formula is C26H41N7O2. The average molecular weight is 484 g/mol. The second kappa shape index (κ2) is 12.9. The highest BCUT2D eigenvalue weighted by atomic mass is 16.2. The number of H-pyrrole nitrogens is 1. The van der Waals surface area contributed by atoms with E-state index in [9.17, 15) is 9.59 Å². The van der Waals surface area contributed by atoms with Crippen LogP contribution in [-0.4, -0.2) is 58.5 Å². The molecule has 4 rings (SSSR count). The van der Waals surface area contributed by atoms with E-state index in [1.165, 1.54) is 51.4 Å². The molecule has 35 heavy (non-hydrogen) atoms. The quantitative estimate of drug-likeness (QED) is 0.367. The highest BCUT2D eigenvalue weighted by Gasteiger charge is 2.25. The normalized spacial score (nSPS) is 18.4. The van der Waals surface area contributed by atoms with Crippen molar-refractivity contribution in [3.63, 3.8) is 0 Å². The van der Waals surface area contributed by atoms with Crippen molar-refractivity contribution in [3.05, 3.63) is 18.6 Å². The van der Waals surface area contributed by atoms with E-state index in [0.29, 0.717) is 31.6 Å². The summed E-state index contributed by atoms with van der Waals surface area (Å²) in [5, 5.41) is 7.58. The van der Waals surface area contributed by atoms with Crippen LogP contribution >= 0.6 is 0 Å². The van der Waals surface area contributed by atoms with Gasteiger partial charge in [-0.3, -0.25) is 9.59 Å². The Bertz CT molecular complexity index is 950. The van der Waals surface area contributed by atoms with Crippen LogP contribution in [-0.2, 0) is 9.59 Å². The molecule has 0 spiro atoms. The Kier molecular flexibility index (Phi) is 9.34. The number of rotatable bonds is 12. The Morgan fingerprint density at radius 1 is 1.06 bits per heavy atom. The molecule has 2 aromatic heterocycles. The van der Waals surface area contributed by atoms with Gasteiger partial charge in [0.05, 0.1) is 5.39 Å². The van der Waals surface area contributed by atoms with E-state index in [0.717, 1.165) is 36.2 Å². The van der Waals surface area contributed by atoms with Crippen molar-refractivity contribution < 1.29 is 9.59 Å². The Hall–Kier alpha value is -2.68. The summed E-state index contributed by atoms with van der Waals surface area (Å²) in [6.07, 6.45) is 16.4. The van der Waals surface area contributed by atoms with Gasteiger partial charge in [-0.05, 0) is 44.7 Å². The number of nitrogens with two attached hydrogens (primary N) is 1. The lowest BCUT2D eigenvalue weighted by molar-refractivity contribution is -0.128. The van der Waals surface area contributed by atoms with Crippen LogP contribution in [0.4, 0.5) is 5.82 Å². The van der Waals surface area contributed by atoms with Crippen LogP contribution in [0.1, 0.15) is 77.0 Å². The topological polar surface area (TPSA) is 129 Å². The largest absolute Gasteiger partial charge is 0.369 e. The van der Waals surface area contributed by atoms with Crippen molar-refractivity contribution in [3.8, 4) is 0 Å². The molecule has 2 aliphatic carbocycles. The van der Waals surface area contributed by atoms with Crippen LogP contribution in [0.2, 0.25) is 0 Å². The van der Waals surface area contributed by atoms with Crippen molar-refractivity contribution in [2.45, 2.75) is 89.1 Å². The molecule has 0 saturated heterocycles. The van der Waals surface area contributed by atoms with Gasteiger partial charge >= 0.3 is 0 Å². The number of hydrogen-bond acceptors (Lipinski definition) is 6. The fourth-order valence-corrected chi connectivity index (χ4v) is 5.67. The summed E-state index contributed by atoms with van der Waals surface area (Å²) in [4.78, 5) is 39.1. The molecule has 1 unspecified atom stereocenters. The Balaban J connectivity index is 1.29. The molecule has 9 heteroatoms. The monoisotopic (exact) mass is 483 g/mol. The molecule has 0 bridgehead atoms. The Morgan fingerprint density at radius 2 is 1.80 bits per heavy atom. The summed E-state index contributed by atoms with van der Waals surface area (Å²) in [6, 6.07) is 2.95. The first-order valence-electron chi connectivity index (χ1n) is 13.5. The molecule has 2 aliphatic rings. The van der Waals surface area contributed by atoms with Crippen LogP contribution in [0.15, 0.2) is 18.6 Å². The number of aromatic amines is 1. The number of anilines is 1. The number of amides is 2. The average Bonchev–Trinajstić information content (AvgIpc) is 3.36. The van der Waals surface area contributed by atoms with Crippen molar-refractivity contribution in [2.24, 2.45) is 11.7 Å². The Morgan fingerprint density at radius 3 is 2.54 bits per heavy atom. The summed E-state index contributed by atoms with van der Waals surface area (Å²) in [5.74, 6) is -0.0436. The Labute approximate surface area is 208 Å². The molecule has 2 saturated carbocycles. The lowest BCUT2D eigenvalue weighted by Gasteiger charge is -2.35. The van der Waals surface area contributed by atoms with Crippen molar-refractivity contribution in [2.75, 3.05) is 24.5 Å². The van der Waals surface area contributed by atoms with Gasteiger partial charge in [0.15, 0.2) is 0 Å². The third-order valence-electron chi connectivity index (χ3n) is 7.66. The minimum Gasteiger partial charge on any atom is -0.369 e. The number of nitrogens with one attached hydrogen (secondary N) is 3. The van der Waals surface area contributed by atoms with E-state index in [4.69, 9.17) is 5.73 Å². The van der Waals surface area contributed by atoms with Gasteiger partial charge in [0.25, 0.3) is 0 Å². The van der Waals surface area contributed by atoms with E-state index < -0.39 is 11.8 Å². The zero-order valence-electron chi connectivity index (χ0n) is 20.8. The van der Waals surface area contributed by atoms with Crippen molar-refractivity contribution in [1.29, 1.82) is 0 Å². The number of carbonyl (C=O) groups is 2. The van der Waals surface area contributed by atoms with Gasteiger partial charge in [0.1, 0.15) is 17.8 Å². The molecule has 1 atom stereocenters. The standard InChI is InChI=1S/C26H41N7O2/c27-24(35)19(11-13-28-20-7-3-1-4-8-20)17-23(34)29-15-16-33(21-9-5-2-6-10-21)26-22-12-14-30-25(22)31-18-32-26/h12,14,18-21,28H,1-11,13,15-17H2,(H2,27,35)(H,29,34)(H,30,31,32). The summed E-state index contributed by atoms with van der Waals surface area (Å²) >= 11 is 0. The number of aromatic nitrogens is 3. The molecule has 2 fully saturated rings. The van der Waals surface area contributed by atoms with Crippen LogP contribution in [0.3, 0.4) is 0 Å². The summed E-state index contributed by atoms with van der Waals surface area (Å²) in [5.41, 5.74) is 6.45. The number of hydrogen-bond donors (Lipinski definition) is 4. The fourth-order valence-electron chi connectivity index (χ4n) is 5.67. The van der Waals surface area contributed by atoms with Gasteiger partial charge < -0.3 is 26.3 Å². The van der Waals surface area contributed by atoms with Crippen molar-refractivity contribution in [1.82, 2.24) is 25.6 Å². The van der Waals surface area contributed by atoms with Crippen LogP contribution < -0.4 is 21.3 Å². The van der Waals surface area contributed by atoms with Gasteiger partial charge in [-0.1, -0.05) is 38.5 Å². The van der Waals surface area contributed by atoms with Crippen LogP contribution in [0.5, 0.6) is 0 Å². The predicted octanol–water partition coefficient (Wildman–Crippen LogP) is 3.02. The first-order valence-corrected chi connectivity index (χ1v) is 13.5. The van der Waals surface area contributed by atoms with Gasteiger partial charge in [-0.2, -0.15) is 0 Å². The molecule has 0 aromatic carbocycles. The molecule has 0 aliphatic heterocycles. The molecule has 9 nitrogen and oxygen atoms in total. The SMILES string of the molecule is NC(=O)C(CCNC1CCCCC1)CC(=O)NCCN(c1ncnc2[nH]ccc12)C1CCCCC1. The molecule has 2 heterocycles. The van der Waals surface area contributed by atoms with Crippen LogP contribution in [0.25, 0.3) is 11.0 Å². The maximum Gasteiger partial charge on any atom is 0.221 e. The molecular weight excluding hydrogens is 442 g/mol. The molecule has 2 aromatic rings. The summed E-state index contributed by atoms with van der Waals surface area (Å²) in [7, 11) is 0. The number of nitrogens with zero attached hydrogens (tertiary/aromatic N) is 3. The molecule has 5 N–H and O–H groups in total. The maximum atomic E-state index is 12.7. The summed E-state index contributed by atoms with van der Waals surface area (Å²) < 4.78 is 0.